The lowest BCUT2D eigenvalue weighted by molar-refractivity contribution is 0.0505. The smallest absolute Gasteiger partial charge is 0.407 e. The number of anilines is 1. The first kappa shape index (κ1) is 29.2. The van der Waals surface area contributed by atoms with Crippen LogP contribution >= 0.6 is 15.9 Å². The molecule has 0 aliphatic heterocycles. The third-order valence-electron chi connectivity index (χ3n) is 9.45. The Balaban J connectivity index is 1.42. The van der Waals surface area contributed by atoms with Gasteiger partial charge in [0.2, 0.25) is 0 Å². The number of benzene rings is 1. The lowest BCUT2D eigenvalue weighted by Gasteiger charge is -2.34. The predicted molar refractivity (Wildman–Crippen MR) is 165 cm³/mol. The van der Waals surface area contributed by atoms with Crippen molar-refractivity contribution in [2.24, 2.45) is 5.92 Å². The summed E-state index contributed by atoms with van der Waals surface area (Å²) in [5.74, 6) is 2.03. The highest BCUT2D eigenvalue weighted by Crippen LogP contribution is 2.55. The van der Waals surface area contributed by atoms with E-state index >= 15 is 0 Å². The Kier molecular flexibility index (Phi) is 7.89. The number of aliphatic hydroxyl groups is 1. The quantitative estimate of drug-likeness (QED) is 0.330. The van der Waals surface area contributed by atoms with Gasteiger partial charge < -0.3 is 24.8 Å². The molecule has 2 aromatic heterocycles. The number of nitrogens with one attached hydrogen (secondary N) is 1. The van der Waals surface area contributed by atoms with Crippen molar-refractivity contribution in [3.8, 4) is 5.75 Å². The van der Waals surface area contributed by atoms with Gasteiger partial charge in [0.05, 0.1) is 23.5 Å². The van der Waals surface area contributed by atoms with E-state index in [9.17, 15) is 9.90 Å². The second kappa shape index (κ2) is 11.3. The number of carbonyl (C=O) groups is 1. The van der Waals surface area contributed by atoms with E-state index < -0.39 is 5.60 Å². The van der Waals surface area contributed by atoms with Crippen LogP contribution in [0.3, 0.4) is 0 Å². The number of hydrogen-bond donors (Lipinski definition) is 2. The van der Waals surface area contributed by atoms with Crippen molar-refractivity contribution in [3.63, 3.8) is 0 Å². The molecule has 3 aliphatic rings. The minimum atomic E-state index is -0.543. The first-order chi connectivity index (χ1) is 20.1. The molecule has 0 bridgehead atoms. The van der Waals surface area contributed by atoms with Crippen LogP contribution in [0.1, 0.15) is 82.5 Å². The van der Waals surface area contributed by atoms with Gasteiger partial charge in [-0.05, 0) is 98.8 Å². The van der Waals surface area contributed by atoms with Gasteiger partial charge in [0, 0.05) is 36.2 Å². The monoisotopic (exact) mass is 639 g/mol. The molecule has 3 aromatic rings. The van der Waals surface area contributed by atoms with E-state index in [1.54, 1.807) is 7.11 Å². The van der Waals surface area contributed by atoms with Gasteiger partial charge in [-0.2, -0.15) is 9.61 Å². The molecule has 2 N–H and O–H groups in total. The van der Waals surface area contributed by atoms with E-state index in [1.165, 1.54) is 5.56 Å². The molecule has 226 valence electrons. The maximum Gasteiger partial charge on any atom is 0.407 e. The SMILES string of the molecule is COc1ccc(CN(c2c3c(nc4c(Br)cnn24)C2(CCCC2)C(CO)C3)[C@H]2CC[C@H](NC(=O)OC(C)(C)C)C2)cc1. The second-order valence-electron chi connectivity index (χ2n) is 13.2. The molecule has 3 atom stereocenters. The number of halogens is 1. The van der Waals surface area contributed by atoms with E-state index in [0.29, 0.717) is 6.54 Å². The molecule has 2 saturated carbocycles. The van der Waals surface area contributed by atoms with Crippen LogP contribution in [0.15, 0.2) is 34.9 Å². The van der Waals surface area contributed by atoms with Gasteiger partial charge in [-0.25, -0.2) is 9.78 Å². The maximum absolute atomic E-state index is 12.6. The van der Waals surface area contributed by atoms with E-state index in [0.717, 1.165) is 84.3 Å². The van der Waals surface area contributed by atoms with E-state index in [2.05, 4.69) is 38.3 Å². The summed E-state index contributed by atoms with van der Waals surface area (Å²) >= 11 is 3.73. The van der Waals surface area contributed by atoms with Gasteiger partial charge in [-0.1, -0.05) is 25.0 Å². The zero-order valence-corrected chi connectivity index (χ0v) is 26.6. The minimum Gasteiger partial charge on any atom is -0.497 e. The summed E-state index contributed by atoms with van der Waals surface area (Å²) in [5.41, 5.74) is 3.69. The highest BCUT2D eigenvalue weighted by Gasteiger charge is 2.51. The topological polar surface area (TPSA) is 101 Å². The molecule has 1 amide bonds. The molecule has 0 radical (unpaired) electrons. The molecule has 9 nitrogen and oxygen atoms in total. The third-order valence-corrected chi connectivity index (χ3v) is 10.0. The van der Waals surface area contributed by atoms with Gasteiger partial charge >= 0.3 is 6.09 Å². The summed E-state index contributed by atoms with van der Waals surface area (Å²) in [4.78, 5) is 20.4. The van der Waals surface area contributed by atoms with Crippen LogP contribution in [0.2, 0.25) is 0 Å². The molecule has 10 heteroatoms. The van der Waals surface area contributed by atoms with E-state index in [1.807, 2.05) is 43.6 Å². The molecule has 1 unspecified atom stereocenters. The number of rotatable bonds is 7. The average molecular weight is 641 g/mol. The molecule has 0 saturated heterocycles. The van der Waals surface area contributed by atoms with Gasteiger partial charge in [0.15, 0.2) is 5.65 Å². The number of ether oxygens (including phenoxy) is 2. The number of amides is 1. The number of carbonyl (C=O) groups excluding carboxylic acids is 1. The predicted octanol–water partition coefficient (Wildman–Crippen LogP) is 5.93. The fourth-order valence-electron chi connectivity index (χ4n) is 7.56. The Morgan fingerprint density at radius 3 is 2.62 bits per heavy atom. The molecule has 42 heavy (non-hydrogen) atoms. The van der Waals surface area contributed by atoms with Crippen LogP contribution < -0.4 is 15.0 Å². The lowest BCUT2D eigenvalue weighted by atomic mass is 9.76. The zero-order chi connectivity index (χ0) is 29.6. The van der Waals surface area contributed by atoms with Crippen molar-refractivity contribution >= 4 is 33.5 Å². The molecule has 3 aliphatic carbocycles. The van der Waals surface area contributed by atoms with Crippen LogP contribution in [0.25, 0.3) is 5.65 Å². The van der Waals surface area contributed by atoms with E-state index in [-0.39, 0.29) is 36.1 Å². The number of fused-ring (bicyclic) bond motifs is 3. The zero-order valence-electron chi connectivity index (χ0n) is 25.0. The van der Waals surface area contributed by atoms with Crippen molar-refractivity contribution in [1.29, 1.82) is 0 Å². The van der Waals surface area contributed by atoms with Gasteiger partial charge in [0.25, 0.3) is 0 Å². The summed E-state index contributed by atoms with van der Waals surface area (Å²) in [6.45, 7) is 6.48. The number of alkyl carbamates (subject to hydrolysis) is 1. The van der Waals surface area contributed by atoms with Crippen LogP contribution in [-0.4, -0.2) is 57.2 Å². The summed E-state index contributed by atoms with van der Waals surface area (Å²) in [6, 6.07) is 8.41. The maximum atomic E-state index is 12.6. The Morgan fingerprint density at radius 1 is 1.21 bits per heavy atom. The largest absolute Gasteiger partial charge is 0.497 e. The Morgan fingerprint density at radius 2 is 1.95 bits per heavy atom. The van der Waals surface area contributed by atoms with Gasteiger partial charge in [0.1, 0.15) is 17.2 Å². The highest BCUT2D eigenvalue weighted by molar-refractivity contribution is 9.10. The Bertz CT molecular complexity index is 1440. The normalized spacial score (nSPS) is 23.0. The Hall–Kier alpha value is -2.85. The van der Waals surface area contributed by atoms with Crippen LogP contribution in [0.5, 0.6) is 5.75 Å². The number of hydrogen-bond acceptors (Lipinski definition) is 7. The molecule has 1 spiro atoms. The first-order valence-electron chi connectivity index (χ1n) is 15.2. The number of aromatic nitrogens is 3. The molecule has 6 rings (SSSR count). The van der Waals surface area contributed by atoms with Crippen molar-refractivity contribution in [3.05, 3.63) is 51.8 Å². The summed E-state index contributed by atoms with van der Waals surface area (Å²) in [7, 11) is 1.68. The van der Waals surface area contributed by atoms with Crippen molar-refractivity contribution in [2.75, 3.05) is 18.6 Å². The summed E-state index contributed by atoms with van der Waals surface area (Å²) in [6.07, 6.45) is 9.28. The molecule has 2 heterocycles. The Labute approximate surface area is 256 Å². The van der Waals surface area contributed by atoms with E-state index in [4.69, 9.17) is 19.6 Å². The fourth-order valence-corrected chi connectivity index (χ4v) is 7.90. The molecule has 2 fully saturated rings. The van der Waals surface area contributed by atoms with Gasteiger partial charge in [-0.3, -0.25) is 0 Å². The molecular formula is C32H42BrN5O4. The van der Waals surface area contributed by atoms with Crippen molar-refractivity contribution < 1.29 is 19.4 Å². The average Bonchev–Trinajstić information content (AvgIpc) is 3.75. The number of methoxy groups -OCH3 is 1. The van der Waals surface area contributed by atoms with Gasteiger partial charge in [-0.15, -0.1) is 0 Å². The van der Waals surface area contributed by atoms with Crippen LogP contribution in [-0.2, 0) is 23.1 Å². The second-order valence-corrected chi connectivity index (χ2v) is 14.1. The summed E-state index contributed by atoms with van der Waals surface area (Å²) < 4.78 is 13.9. The highest BCUT2D eigenvalue weighted by atomic mass is 79.9. The fraction of sp³-hybridized carbons (Fsp3) is 0.594. The van der Waals surface area contributed by atoms with Crippen LogP contribution in [0.4, 0.5) is 10.6 Å². The standard InChI is InChI=1S/C32H42BrN5O4/c1-31(2,3)42-30(40)35-22-9-10-23(16-22)37(18-20-7-11-24(41-4)12-8-20)29-25-15-21(19-39)32(13-5-6-14-32)27(25)36-28-26(33)17-34-38(28)29/h7-8,11-12,17,21-23,39H,5-6,9-10,13-16,18-19H2,1-4H3,(H,35,40)/t21?,22-,23-/m0/s1. The van der Waals surface area contributed by atoms with Crippen molar-refractivity contribution in [1.82, 2.24) is 19.9 Å². The molecular weight excluding hydrogens is 598 g/mol. The lowest BCUT2D eigenvalue weighted by Crippen LogP contribution is -2.40. The third kappa shape index (κ3) is 5.36. The summed E-state index contributed by atoms with van der Waals surface area (Å²) in [5, 5.41) is 18.5. The van der Waals surface area contributed by atoms with Crippen LogP contribution in [0, 0.1) is 5.92 Å². The minimum absolute atomic E-state index is 0.0179. The number of nitrogens with zero attached hydrogens (tertiary/aromatic N) is 4. The van der Waals surface area contributed by atoms with Crippen molar-refractivity contribution in [2.45, 2.75) is 102 Å². The molecule has 1 aromatic carbocycles. The number of aliphatic hydroxyl groups excluding tert-OH is 1. The first-order valence-corrected chi connectivity index (χ1v) is 16.0.